The molecule has 0 atom stereocenters. The van der Waals surface area contributed by atoms with Crippen molar-refractivity contribution in [2.75, 3.05) is 13.7 Å². The minimum atomic E-state index is 0.546. The second kappa shape index (κ2) is 6.22. The summed E-state index contributed by atoms with van der Waals surface area (Å²) in [5, 5.41) is 0. The van der Waals surface area contributed by atoms with Gasteiger partial charge in [-0.3, -0.25) is 0 Å². The molecule has 0 aliphatic carbocycles. The molecular weight excluding hydrogens is 190 g/mol. The summed E-state index contributed by atoms with van der Waals surface area (Å²) in [5.74, 6) is 0.866. The number of benzene rings is 1. The van der Waals surface area contributed by atoms with Crippen molar-refractivity contribution < 1.29 is 9.57 Å². The van der Waals surface area contributed by atoms with Gasteiger partial charge in [0.1, 0.15) is 12.4 Å². The van der Waals surface area contributed by atoms with Crippen molar-refractivity contribution in [1.82, 2.24) is 5.48 Å². The molecule has 1 N–H and O–H groups in total. The Morgan fingerprint density at radius 3 is 2.80 bits per heavy atom. The molecule has 0 amide bonds. The number of para-hydroxylation sites is 1. The van der Waals surface area contributed by atoms with E-state index in [2.05, 4.69) is 12.1 Å². The Hall–Kier alpha value is -1.32. The molecule has 1 aromatic carbocycles. The van der Waals surface area contributed by atoms with Crippen LogP contribution in [0.15, 0.2) is 36.4 Å². The normalized spacial score (nSPS) is 10.0. The maximum absolute atomic E-state index is 5.60. The SMILES string of the molecule is C=C(C)COc1ccccc1CNOC. The number of hydrogen-bond donors (Lipinski definition) is 1. The van der Waals surface area contributed by atoms with Crippen molar-refractivity contribution in [1.29, 1.82) is 0 Å². The van der Waals surface area contributed by atoms with Crippen molar-refractivity contribution >= 4 is 0 Å². The Balaban J connectivity index is 2.63. The monoisotopic (exact) mass is 207 g/mol. The highest BCUT2D eigenvalue weighted by Crippen LogP contribution is 2.18. The van der Waals surface area contributed by atoms with E-state index in [0.29, 0.717) is 13.2 Å². The van der Waals surface area contributed by atoms with Gasteiger partial charge >= 0.3 is 0 Å². The fraction of sp³-hybridized carbons (Fsp3) is 0.333. The molecule has 82 valence electrons. The van der Waals surface area contributed by atoms with Gasteiger partial charge in [-0.05, 0) is 18.6 Å². The fourth-order valence-corrected chi connectivity index (χ4v) is 1.14. The van der Waals surface area contributed by atoms with Gasteiger partial charge in [-0.2, -0.15) is 5.48 Å². The van der Waals surface area contributed by atoms with Crippen LogP contribution in [0.3, 0.4) is 0 Å². The van der Waals surface area contributed by atoms with Gasteiger partial charge in [0.15, 0.2) is 0 Å². The first-order chi connectivity index (χ1) is 7.24. The van der Waals surface area contributed by atoms with Gasteiger partial charge in [0.25, 0.3) is 0 Å². The molecule has 0 aliphatic rings. The van der Waals surface area contributed by atoms with Gasteiger partial charge < -0.3 is 9.57 Å². The quantitative estimate of drug-likeness (QED) is 0.573. The van der Waals surface area contributed by atoms with E-state index in [-0.39, 0.29) is 0 Å². The summed E-state index contributed by atoms with van der Waals surface area (Å²) < 4.78 is 5.60. The zero-order chi connectivity index (χ0) is 11.1. The van der Waals surface area contributed by atoms with Crippen molar-refractivity contribution in [3.8, 4) is 5.75 Å². The predicted molar refractivity (Wildman–Crippen MR) is 60.6 cm³/mol. The van der Waals surface area contributed by atoms with Gasteiger partial charge in [0.2, 0.25) is 0 Å². The molecule has 0 saturated heterocycles. The van der Waals surface area contributed by atoms with E-state index < -0.39 is 0 Å². The highest BCUT2D eigenvalue weighted by Gasteiger charge is 2.01. The Labute approximate surface area is 90.7 Å². The van der Waals surface area contributed by atoms with Crippen LogP contribution in [0.25, 0.3) is 0 Å². The van der Waals surface area contributed by atoms with Crippen LogP contribution in [0, 0.1) is 0 Å². The Morgan fingerprint density at radius 1 is 1.40 bits per heavy atom. The summed E-state index contributed by atoms with van der Waals surface area (Å²) in [5.41, 5.74) is 4.86. The van der Waals surface area contributed by atoms with Crippen molar-refractivity contribution in [3.05, 3.63) is 42.0 Å². The minimum Gasteiger partial charge on any atom is -0.489 e. The highest BCUT2D eigenvalue weighted by atomic mass is 16.6. The average molecular weight is 207 g/mol. The second-order valence-electron chi connectivity index (χ2n) is 3.38. The maximum atomic E-state index is 5.60. The molecule has 1 rings (SSSR count). The molecule has 0 unspecified atom stereocenters. The molecular formula is C12H17NO2. The van der Waals surface area contributed by atoms with Crippen LogP contribution in [0.1, 0.15) is 12.5 Å². The first kappa shape index (κ1) is 11.8. The molecule has 0 bridgehead atoms. The first-order valence-corrected chi connectivity index (χ1v) is 4.85. The van der Waals surface area contributed by atoms with Crippen molar-refractivity contribution in [2.45, 2.75) is 13.5 Å². The van der Waals surface area contributed by atoms with E-state index in [1.165, 1.54) is 0 Å². The van der Waals surface area contributed by atoms with Gasteiger partial charge in [-0.15, -0.1) is 0 Å². The van der Waals surface area contributed by atoms with Gasteiger partial charge in [0.05, 0.1) is 7.11 Å². The molecule has 0 aromatic heterocycles. The minimum absolute atomic E-state index is 0.546. The van der Waals surface area contributed by atoms with E-state index in [1.54, 1.807) is 7.11 Å². The molecule has 15 heavy (non-hydrogen) atoms. The Bertz CT molecular complexity index is 323. The Kier molecular flexibility index (Phi) is 4.87. The van der Waals surface area contributed by atoms with Crippen LogP contribution in [0.4, 0.5) is 0 Å². The van der Waals surface area contributed by atoms with Crippen LogP contribution in [-0.4, -0.2) is 13.7 Å². The smallest absolute Gasteiger partial charge is 0.124 e. The molecule has 3 nitrogen and oxygen atoms in total. The zero-order valence-electron chi connectivity index (χ0n) is 9.25. The molecule has 0 fully saturated rings. The largest absolute Gasteiger partial charge is 0.489 e. The number of hydroxylamine groups is 1. The topological polar surface area (TPSA) is 30.5 Å². The Morgan fingerprint density at radius 2 is 2.13 bits per heavy atom. The third-order valence-corrected chi connectivity index (χ3v) is 1.85. The second-order valence-corrected chi connectivity index (χ2v) is 3.38. The lowest BCUT2D eigenvalue weighted by molar-refractivity contribution is 0.0860. The van der Waals surface area contributed by atoms with E-state index in [9.17, 15) is 0 Å². The van der Waals surface area contributed by atoms with Crippen LogP contribution in [-0.2, 0) is 11.4 Å². The molecule has 0 spiro atoms. The number of rotatable bonds is 6. The van der Waals surface area contributed by atoms with Crippen LogP contribution < -0.4 is 10.2 Å². The maximum Gasteiger partial charge on any atom is 0.124 e. The fourth-order valence-electron chi connectivity index (χ4n) is 1.14. The zero-order valence-corrected chi connectivity index (χ0v) is 9.25. The summed E-state index contributed by atoms with van der Waals surface area (Å²) in [4.78, 5) is 4.80. The van der Waals surface area contributed by atoms with Crippen LogP contribution >= 0.6 is 0 Å². The lowest BCUT2D eigenvalue weighted by Crippen LogP contribution is -2.12. The molecule has 3 heteroatoms. The molecule has 0 radical (unpaired) electrons. The van der Waals surface area contributed by atoms with E-state index in [0.717, 1.165) is 16.9 Å². The van der Waals surface area contributed by atoms with E-state index in [4.69, 9.17) is 9.57 Å². The number of hydrogen-bond acceptors (Lipinski definition) is 3. The summed E-state index contributed by atoms with van der Waals surface area (Å²) in [6, 6.07) is 7.86. The van der Waals surface area contributed by atoms with Gasteiger partial charge in [-0.1, -0.05) is 24.8 Å². The standard InChI is InChI=1S/C12H17NO2/c1-10(2)9-15-12-7-5-4-6-11(12)8-13-14-3/h4-7,13H,1,8-9H2,2-3H3. The van der Waals surface area contributed by atoms with Crippen molar-refractivity contribution in [2.24, 2.45) is 0 Å². The van der Waals surface area contributed by atoms with E-state index in [1.807, 2.05) is 31.2 Å². The first-order valence-electron chi connectivity index (χ1n) is 4.85. The van der Waals surface area contributed by atoms with Crippen molar-refractivity contribution in [3.63, 3.8) is 0 Å². The van der Waals surface area contributed by atoms with Gasteiger partial charge in [-0.25, -0.2) is 0 Å². The summed E-state index contributed by atoms with van der Waals surface area (Å²) in [6.45, 7) is 6.91. The third kappa shape index (κ3) is 4.14. The molecule has 1 aromatic rings. The molecule has 0 saturated carbocycles. The van der Waals surface area contributed by atoms with Gasteiger partial charge in [0, 0.05) is 12.1 Å². The summed E-state index contributed by atoms with van der Waals surface area (Å²) in [6.07, 6.45) is 0. The van der Waals surface area contributed by atoms with Crippen LogP contribution in [0.5, 0.6) is 5.75 Å². The summed E-state index contributed by atoms with van der Waals surface area (Å²) >= 11 is 0. The van der Waals surface area contributed by atoms with E-state index >= 15 is 0 Å². The lowest BCUT2D eigenvalue weighted by Gasteiger charge is -2.11. The highest BCUT2D eigenvalue weighted by molar-refractivity contribution is 5.33. The number of nitrogens with one attached hydrogen (secondary N) is 1. The third-order valence-electron chi connectivity index (χ3n) is 1.85. The predicted octanol–water partition coefficient (Wildman–Crippen LogP) is 2.29. The van der Waals surface area contributed by atoms with Crippen LogP contribution in [0.2, 0.25) is 0 Å². The average Bonchev–Trinajstić information content (AvgIpc) is 2.24. The lowest BCUT2D eigenvalue weighted by atomic mass is 10.2. The summed E-state index contributed by atoms with van der Waals surface area (Å²) in [7, 11) is 1.59. The molecule has 0 heterocycles. The molecule has 0 aliphatic heterocycles. The number of ether oxygens (including phenoxy) is 1.